The van der Waals surface area contributed by atoms with Crippen LogP contribution in [0.25, 0.3) is 10.9 Å². The molecule has 2 amide bonds. The Bertz CT molecular complexity index is 1430. The van der Waals surface area contributed by atoms with Crippen molar-refractivity contribution < 1.29 is 19.2 Å². The van der Waals surface area contributed by atoms with Gasteiger partial charge in [-0.25, -0.2) is 9.96 Å². The van der Waals surface area contributed by atoms with Crippen LogP contribution in [-0.4, -0.2) is 29.1 Å². The second-order valence-electron chi connectivity index (χ2n) is 9.22. The topological polar surface area (TPSA) is 64.0 Å². The largest absolute Gasteiger partial charge is 0.494 e. The van der Waals surface area contributed by atoms with E-state index >= 15 is 0 Å². The van der Waals surface area contributed by atoms with E-state index in [1.807, 2.05) is 62.6 Å². The van der Waals surface area contributed by atoms with Crippen LogP contribution in [0.4, 0.5) is 11.4 Å². The summed E-state index contributed by atoms with van der Waals surface area (Å²) in [5, 5.41) is 2.78. The van der Waals surface area contributed by atoms with Crippen molar-refractivity contribution in [3.63, 3.8) is 0 Å². The molecule has 0 bridgehead atoms. The SMILES string of the molecule is CCCOc1ccc(N2C(=O)[C@@H]3[C@H](ON(c4ccccc4)[C@@H]3c3cn(C)c4ccccc34)C2=O)cc1. The number of hydroxylamine groups is 1. The van der Waals surface area contributed by atoms with Gasteiger partial charge in [0.2, 0.25) is 5.91 Å². The summed E-state index contributed by atoms with van der Waals surface area (Å²) >= 11 is 0. The number of aromatic nitrogens is 1. The molecule has 2 fully saturated rings. The number of carbonyl (C=O) groups excluding carboxylic acids is 2. The van der Waals surface area contributed by atoms with Crippen molar-refractivity contribution in [2.45, 2.75) is 25.5 Å². The van der Waals surface area contributed by atoms with Crippen LogP contribution in [0.15, 0.2) is 85.1 Å². The molecule has 0 saturated carbocycles. The third kappa shape index (κ3) is 3.46. The molecule has 6 rings (SSSR count). The summed E-state index contributed by atoms with van der Waals surface area (Å²) in [4.78, 5) is 35.1. The fraction of sp³-hybridized carbons (Fsp3) is 0.241. The lowest BCUT2D eigenvalue weighted by molar-refractivity contribution is -0.126. The van der Waals surface area contributed by atoms with E-state index in [9.17, 15) is 9.59 Å². The second-order valence-corrected chi connectivity index (χ2v) is 9.22. The van der Waals surface area contributed by atoms with Crippen LogP contribution in [0.5, 0.6) is 5.75 Å². The summed E-state index contributed by atoms with van der Waals surface area (Å²) in [6, 6.07) is 24.3. The number of hydrogen-bond donors (Lipinski definition) is 0. The molecule has 0 unspecified atom stereocenters. The number of aryl methyl sites for hydroxylation is 1. The van der Waals surface area contributed by atoms with Crippen LogP contribution in [0.2, 0.25) is 0 Å². The van der Waals surface area contributed by atoms with Crippen molar-refractivity contribution in [3.05, 3.63) is 90.6 Å². The molecule has 0 N–H and O–H groups in total. The number of hydrogen-bond acceptors (Lipinski definition) is 5. The van der Waals surface area contributed by atoms with Crippen LogP contribution in [0.1, 0.15) is 24.9 Å². The average Bonchev–Trinajstić information content (AvgIpc) is 3.54. The molecule has 7 nitrogen and oxygen atoms in total. The molecule has 2 aliphatic rings. The minimum atomic E-state index is -0.905. The number of carbonyl (C=O) groups is 2. The van der Waals surface area contributed by atoms with Gasteiger partial charge in [0.05, 0.1) is 24.0 Å². The maximum Gasteiger partial charge on any atom is 0.266 e. The molecule has 182 valence electrons. The van der Waals surface area contributed by atoms with E-state index in [0.717, 1.165) is 28.6 Å². The summed E-state index contributed by atoms with van der Waals surface area (Å²) < 4.78 is 7.71. The van der Waals surface area contributed by atoms with Gasteiger partial charge in [-0.1, -0.05) is 43.3 Å². The molecule has 4 aromatic rings. The van der Waals surface area contributed by atoms with Crippen LogP contribution in [-0.2, 0) is 21.5 Å². The van der Waals surface area contributed by atoms with Gasteiger partial charge in [-0.2, -0.15) is 0 Å². The van der Waals surface area contributed by atoms with Gasteiger partial charge in [0.15, 0.2) is 6.10 Å². The third-order valence-electron chi connectivity index (χ3n) is 6.94. The first-order chi connectivity index (χ1) is 17.6. The van der Waals surface area contributed by atoms with Crippen molar-refractivity contribution in [2.24, 2.45) is 13.0 Å². The third-order valence-corrected chi connectivity index (χ3v) is 6.94. The highest BCUT2D eigenvalue weighted by molar-refractivity contribution is 6.24. The van der Waals surface area contributed by atoms with Crippen molar-refractivity contribution >= 4 is 34.1 Å². The number of anilines is 2. The number of nitrogens with zero attached hydrogens (tertiary/aromatic N) is 3. The maximum atomic E-state index is 13.9. The predicted octanol–water partition coefficient (Wildman–Crippen LogP) is 5.02. The Morgan fingerprint density at radius 1 is 0.861 bits per heavy atom. The molecule has 3 atom stereocenters. The first-order valence-electron chi connectivity index (χ1n) is 12.2. The van der Waals surface area contributed by atoms with E-state index in [1.165, 1.54) is 4.90 Å². The van der Waals surface area contributed by atoms with Gasteiger partial charge in [-0.05, 0) is 48.9 Å². The van der Waals surface area contributed by atoms with Gasteiger partial charge in [-0.3, -0.25) is 14.4 Å². The zero-order chi connectivity index (χ0) is 24.8. The standard InChI is InChI=1S/C29H27N3O4/c1-3-17-35-21-15-13-19(14-16-21)31-28(33)25-26(23-18-30(2)24-12-8-7-11-22(23)24)32(36-27(25)29(31)34)20-9-5-4-6-10-20/h4-16,18,25-27H,3,17H2,1-2H3/t25-,26+,27-/m0/s1. The van der Waals surface area contributed by atoms with Gasteiger partial charge < -0.3 is 9.30 Å². The number of para-hydroxylation sites is 2. The van der Waals surface area contributed by atoms with E-state index in [1.54, 1.807) is 29.3 Å². The van der Waals surface area contributed by atoms with Gasteiger partial charge in [0.25, 0.3) is 5.91 Å². The summed E-state index contributed by atoms with van der Waals surface area (Å²) in [7, 11) is 1.99. The number of fused-ring (bicyclic) bond motifs is 2. The Kier molecular flexibility index (Phi) is 5.49. The average molecular weight is 482 g/mol. The van der Waals surface area contributed by atoms with E-state index in [-0.39, 0.29) is 11.8 Å². The monoisotopic (exact) mass is 481 g/mol. The molecule has 0 spiro atoms. The molecule has 2 aliphatic heterocycles. The van der Waals surface area contributed by atoms with Crippen molar-refractivity contribution in [2.75, 3.05) is 16.6 Å². The molecule has 3 aromatic carbocycles. The lowest BCUT2D eigenvalue weighted by Gasteiger charge is -2.28. The Balaban J connectivity index is 1.42. The molecule has 2 saturated heterocycles. The minimum absolute atomic E-state index is 0.261. The number of rotatable bonds is 6. The molecular formula is C29H27N3O4. The summed E-state index contributed by atoms with van der Waals surface area (Å²) in [6.45, 7) is 2.65. The molecule has 36 heavy (non-hydrogen) atoms. The summed E-state index contributed by atoms with van der Waals surface area (Å²) in [5.74, 6) is -0.584. The van der Waals surface area contributed by atoms with E-state index in [0.29, 0.717) is 18.0 Å². The van der Waals surface area contributed by atoms with Crippen molar-refractivity contribution in [1.82, 2.24) is 4.57 Å². The number of amides is 2. The van der Waals surface area contributed by atoms with Gasteiger partial charge in [0, 0.05) is 29.7 Å². The summed E-state index contributed by atoms with van der Waals surface area (Å²) in [6.07, 6.45) is 2.04. The zero-order valence-electron chi connectivity index (χ0n) is 20.2. The van der Waals surface area contributed by atoms with Gasteiger partial charge >= 0.3 is 0 Å². The first kappa shape index (κ1) is 22.4. The lowest BCUT2D eigenvalue weighted by atomic mass is 9.90. The molecular weight excluding hydrogens is 454 g/mol. The highest BCUT2D eigenvalue weighted by Crippen LogP contribution is 2.49. The number of benzene rings is 3. The molecule has 3 heterocycles. The van der Waals surface area contributed by atoms with Crippen LogP contribution in [0.3, 0.4) is 0 Å². The van der Waals surface area contributed by atoms with Crippen LogP contribution < -0.4 is 14.7 Å². The minimum Gasteiger partial charge on any atom is -0.494 e. The molecule has 1 aromatic heterocycles. The number of imide groups is 1. The lowest BCUT2D eigenvalue weighted by Crippen LogP contribution is -2.37. The smallest absolute Gasteiger partial charge is 0.266 e. The first-order valence-corrected chi connectivity index (χ1v) is 12.2. The summed E-state index contributed by atoms with van der Waals surface area (Å²) in [5.41, 5.74) is 3.33. The van der Waals surface area contributed by atoms with E-state index < -0.39 is 18.1 Å². The van der Waals surface area contributed by atoms with Crippen LogP contribution in [0, 0.1) is 5.92 Å². The fourth-order valence-electron chi connectivity index (χ4n) is 5.30. The van der Waals surface area contributed by atoms with E-state index in [4.69, 9.17) is 9.57 Å². The highest BCUT2D eigenvalue weighted by Gasteiger charge is 2.60. The number of ether oxygens (including phenoxy) is 1. The Labute approximate surface area is 209 Å². The quantitative estimate of drug-likeness (QED) is 0.362. The molecule has 0 aliphatic carbocycles. The van der Waals surface area contributed by atoms with Gasteiger partial charge in [0.1, 0.15) is 11.7 Å². The van der Waals surface area contributed by atoms with E-state index in [2.05, 4.69) is 16.7 Å². The molecule has 0 radical (unpaired) electrons. The second kappa shape index (κ2) is 8.84. The van der Waals surface area contributed by atoms with Crippen molar-refractivity contribution in [1.29, 1.82) is 0 Å². The van der Waals surface area contributed by atoms with Gasteiger partial charge in [-0.15, -0.1) is 0 Å². The van der Waals surface area contributed by atoms with Crippen molar-refractivity contribution in [3.8, 4) is 5.75 Å². The Morgan fingerprint density at radius 2 is 1.58 bits per heavy atom. The normalized spacial score (nSPS) is 21.4. The highest BCUT2D eigenvalue weighted by atomic mass is 16.7. The Hall–Kier alpha value is -4.10. The maximum absolute atomic E-state index is 13.9. The zero-order valence-corrected chi connectivity index (χ0v) is 20.2. The van der Waals surface area contributed by atoms with Crippen LogP contribution >= 0.6 is 0 Å². The Morgan fingerprint density at radius 3 is 2.33 bits per heavy atom. The molecule has 7 heteroatoms. The predicted molar refractivity (Wildman–Crippen MR) is 138 cm³/mol. The fourth-order valence-corrected chi connectivity index (χ4v) is 5.30.